The summed E-state index contributed by atoms with van der Waals surface area (Å²) < 4.78 is 50.9. The van der Waals surface area contributed by atoms with Gasteiger partial charge in [-0.15, -0.1) is 0 Å². The second kappa shape index (κ2) is 6.17. The van der Waals surface area contributed by atoms with E-state index < -0.39 is 23.5 Å². The highest BCUT2D eigenvalue weighted by atomic mass is 19.4. The Bertz CT molecular complexity index is 678. The van der Waals surface area contributed by atoms with Crippen LogP contribution >= 0.6 is 0 Å². The second-order valence-corrected chi connectivity index (χ2v) is 4.90. The molecule has 0 unspecified atom stereocenters. The van der Waals surface area contributed by atoms with Crippen LogP contribution in [0.5, 0.6) is 0 Å². The minimum absolute atomic E-state index is 0.0440. The third-order valence-electron chi connectivity index (χ3n) is 3.04. The Balaban J connectivity index is 2.03. The molecule has 2 aromatic rings. The molecule has 0 saturated heterocycles. The van der Waals surface area contributed by atoms with E-state index in [4.69, 9.17) is 0 Å². The van der Waals surface area contributed by atoms with E-state index in [-0.39, 0.29) is 12.1 Å². The van der Waals surface area contributed by atoms with Crippen molar-refractivity contribution in [2.24, 2.45) is 0 Å². The fraction of sp³-hybridized carbons (Fsp3) is 0.188. The molecule has 1 amide bonds. The van der Waals surface area contributed by atoms with Crippen molar-refractivity contribution in [2.45, 2.75) is 19.5 Å². The highest BCUT2D eigenvalue weighted by molar-refractivity contribution is 5.92. The lowest BCUT2D eigenvalue weighted by Gasteiger charge is -2.09. The van der Waals surface area contributed by atoms with Crippen molar-refractivity contribution < 1.29 is 22.4 Å². The predicted molar refractivity (Wildman–Crippen MR) is 74.9 cm³/mol. The first-order chi connectivity index (χ1) is 10.3. The zero-order valence-corrected chi connectivity index (χ0v) is 11.7. The molecule has 0 aromatic heterocycles. The van der Waals surface area contributed by atoms with E-state index in [0.717, 1.165) is 17.7 Å². The average molecular weight is 311 g/mol. The van der Waals surface area contributed by atoms with Gasteiger partial charge in [-0.1, -0.05) is 18.2 Å². The van der Waals surface area contributed by atoms with Crippen LogP contribution in [0.4, 0.5) is 23.2 Å². The van der Waals surface area contributed by atoms with Crippen LogP contribution in [0.25, 0.3) is 0 Å². The van der Waals surface area contributed by atoms with Crippen molar-refractivity contribution in [3.63, 3.8) is 0 Å². The van der Waals surface area contributed by atoms with Crippen molar-refractivity contribution in [3.05, 3.63) is 65.0 Å². The summed E-state index contributed by atoms with van der Waals surface area (Å²) in [5.74, 6) is -1.05. The van der Waals surface area contributed by atoms with E-state index in [1.807, 2.05) is 0 Å². The van der Waals surface area contributed by atoms with Gasteiger partial charge in [0.2, 0.25) is 5.91 Å². The third-order valence-corrected chi connectivity index (χ3v) is 3.04. The Morgan fingerprint density at radius 3 is 2.27 bits per heavy atom. The molecule has 0 bridgehead atoms. The number of amides is 1. The number of carbonyl (C=O) groups excluding carboxylic acids is 1. The van der Waals surface area contributed by atoms with E-state index in [1.165, 1.54) is 24.3 Å². The van der Waals surface area contributed by atoms with E-state index in [9.17, 15) is 22.4 Å². The summed E-state index contributed by atoms with van der Waals surface area (Å²) in [7, 11) is 0. The minimum atomic E-state index is -4.41. The molecule has 0 aliphatic heterocycles. The summed E-state index contributed by atoms with van der Waals surface area (Å²) in [4.78, 5) is 11.8. The van der Waals surface area contributed by atoms with Gasteiger partial charge in [-0.05, 0) is 42.3 Å². The van der Waals surface area contributed by atoms with Crippen molar-refractivity contribution in [1.82, 2.24) is 0 Å². The van der Waals surface area contributed by atoms with Crippen molar-refractivity contribution >= 4 is 11.6 Å². The predicted octanol–water partition coefficient (Wildman–Crippen LogP) is 4.33. The van der Waals surface area contributed by atoms with Gasteiger partial charge in [-0.25, -0.2) is 4.39 Å². The molecule has 0 fully saturated rings. The highest BCUT2D eigenvalue weighted by Crippen LogP contribution is 2.29. The first-order valence-electron chi connectivity index (χ1n) is 6.48. The van der Waals surface area contributed by atoms with Crippen molar-refractivity contribution in [1.29, 1.82) is 0 Å². The maximum absolute atomic E-state index is 13.6. The lowest BCUT2D eigenvalue weighted by Crippen LogP contribution is -2.15. The standard InChI is InChI=1S/C16H13F4NO/c1-10-2-7-14(13(17)8-10)21-15(22)9-11-3-5-12(6-4-11)16(18,19)20/h2-8H,9H2,1H3,(H,21,22). The number of hydrogen-bond acceptors (Lipinski definition) is 1. The summed E-state index contributed by atoms with van der Waals surface area (Å²) in [5, 5.41) is 2.39. The van der Waals surface area contributed by atoms with Crippen LogP contribution in [0.1, 0.15) is 16.7 Å². The smallest absolute Gasteiger partial charge is 0.323 e. The highest BCUT2D eigenvalue weighted by Gasteiger charge is 2.29. The van der Waals surface area contributed by atoms with Gasteiger partial charge in [0.25, 0.3) is 0 Å². The van der Waals surface area contributed by atoms with Crippen LogP contribution in [0.15, 0.2) is 42.5 Å². The van der Waals surface area contributed by atoms with E-state index >= 15 is 0 Å². The molecule has 0 aliphatic carbocycles. The largest absolute Gasteiger partial charge is 0.416 e. The van der Waals surface area contributed by atoms with Gasteiger partial charge in [0.05, 0.1) is 17.7 Å². The number of carbonyl (C=O) groups is 1. The molecular formula is C16H13F4NO. The number of hydrogen-bond donors (Lipinski definition) is 1. The molecule has 0 radical (unpaired) electrons. The van der Waals surface area contributed by atoms with Crippen LogP contribution in [0, 0.1) is 12.7 Å². The van der Waals surface area contributed by atoms with Gasteiger partial charge >= 0.3 is 6.18 Å². The van der Waals surface area contributed by atoms with Crippen molar-refractivity contribution in [2.75, 3.05) is 5.32 Å². The molecule has 22 heavy (non-hydrogen) atoms. The molecule has 1 N–H and O–H groups in total. The number of alkyl halides is 3. The quantitative estimate of drug-likeness (QED) is 0.840. The summed E-state index contributed by atoms with van der Waals surface area (Å²) in [6, 6.07) is 8.66. The molecule has 6 heteroatoms. The van der Waals surface area contributed by atoms with Crippen LogP contribution in [-0.4, -0.2) is 5.91 Å². The summed E-state index contributed by atoms with van der Waals surface area (Å²) in [6.07, 6.45) is -4.54. The monoisotopic (exact) mass is 311 g/mol. The van der Waals surface area contributed by atoms with Crippen LogP contribution in [0.2, 0.25) is 0 Å². The average Bonchev–Trinajstić information content (AvgIpc) is 2.41. The summed E-state index contributed by atoms with van der Waals surface area (Å²) in [6.45, 7) is 1.72. The summed E-state index contributed by atoms with van der Waals surface area (Å²) >= 11 is 0. The van der Waals surface area contributed by atoms with Crippen LogP contribution < -0.4 is 5.32 Å². The Hall–Kier alpha value is -2.37. The lowest BCUT2D eigenvalue weighted by molar-refractivity contribution is -0.137. The lowest BCUT2D eigenvalue weighted by atomic mass is 10.1. The molecule has 2 rings (SSSR count). The summed E-state index contributed by atoms with van der Waals surface area (Å²) in [5.41, 5.74) is 0.403. The molecule has 0 heterocycles. The third kappa shape index (κ3) is 4.07. The number of halogens is 4. The molecule has 0 atom stereocenters. The zero-order valence-electron chi connectivity index (χ0n) is 11.7. The number of anilines is 1. The molecule has 0 aliphatic rings. The molecule has 2 nitrogen and oxygen atoms in total. The van der Waals surface area contributed by atoms with Gasteiger partial charge in [0, 0.05) is 0 Å². The van der Waals surface area contributed by atoms with E-state index in [2.05, 4.69) is 5.32 Å². The van der Waals surface area contributed by atoms with Crippen LogP contribution in [0.3, 0.4) is 0 Å². The second-order valence-electron chi connectivity index (χ2n) is 4.90. The molecule has 0 saturated carbocycles. The van der Waals surface area contributed by atoms with Crippen LogP contribution in [-0.2, 0) is 17.4 Å². The fourth-order valence-electron chi connectivity index (χ4n) is 1.91. The van der Waals surface area contributed by atoms with Gasteiger partial charge < -0.3 is 5.32 Å². The van der Waals surface area contributed by atoms with E-state index in [1.54, 1.807) is 13.0 Å². The maximum atomic E-state index is 13.6. The number of rotatable bonds is 3. The number of aryl methyl sites for hydroxylation is 1. The number of benzene rings is 2. The number of nitrogens with one attached hydrogen (secondary N) is 1. The molecule has 116 valence electrons. The Morgan fingerprint density at radius 2 is 1.73 bits per heavy atom. The first-order valence-corrected chi connectivity index (χ1v) is 6.48. The Morgan fingerprint density at radius 1 is 1.09 bits per heavy atom. The first kappa shape index (κ1) is 16.0. The Kier molecular flexibility index (Phi) is 4.49. The maximum Gasteiger partial charge on any atom is 0.416 e. The van der Waals surface area contributed by atoms with Gasteiger partial charge in [0.1, 0.15) is 5.82 Å². The minimum Gasteiger partial charge on any atom is -0.323 e. The van der Waals surface area contributed by atoms with E-state index in [0.29, 0.717) is 5.56 Å². The van der Waals surface area contributed by atoms with Crippen molar-refractivity contribution in [3.8, 4) is 0 Å². The van der Waals surface area contributed by atoms with Gasteiger partial charge in [-0.3, -0.25) is 4.79 Å². The molecule has 0 spiro atoms. The molecule has 2 aromatic carbocycles. The fourth-order valence-corrected chi connectivity index (χ4v) is 1.91. The topological polar surface area (TPSA) is 29.1 Å². The van der Waals surface area contributed by atoms with Gasteiger partial charge in [0.15, 0.2) is 0 Å². The Labute approximate surface area is 124 Å². The van der Waals surface area contributed by atoms with Gasteiger partial charge in [-0.2, -0.15) is 13.2 Å². The normalized spacial score (nSPS) is 11.3. The molecular weight excluding hydrogens is 298 g/mol. The SMILES string of the molecule is Cc1ccc(NC(=O)Cc2ccc(C(F)(F)F)cc2)c(F)c1. The zero-order chi connectivity index (χ0) is 16.3.